The Hall–Kier alpha value is -1.38. The number of halogens is 2. The first-order valence-corrected chi connectivity index (χ1v) is 11.3. The van der Waals surface area contributed by atoms with Crippen LogP contribution in [-0.4, -0.2) is 7.11 Å². The topological polar surface area (TPSA) is 18.5 Å². The van der Waals surface area contributed by atoms with E-state index in [1.165, 1.54) is 31.4 Å². The smallest absolute Gasteiger partial charge is 0.118 e. The lowest BCUT2D eigenvalue weighted by Crippen LogP contribution is -2.42. The highest BCUT2D eigenvalue weighted by molar-refractivity contribution is 14.1. The summed E-state index contributed by atoms with van der Waals surface area (Å²) in [6.45, 7) is 0. The lowest BCUT2D eigenvalue weighted by molar-refractivity contribution is -0.0237. The number of methoxy groups -OCH3 is 1. The van der Waals surface area contributed by atoms with Gasteiger partial charge in [0.1, 0.15) is 21.4 Å². The summed E-state index contributed by atoms with van der Waals surface area (Å²) in [7, 11) is 1.70. The molecular formula is C24H18I2O2. The van der Waals surface area contributed by atoms with Crippen LogP contribution < -0.4 is 4.74 Å². The Morgan fingerprint density at radius 3 is 2.29 bits per heavy atom. The van der Waals surface area contributed by atoms with Crippen molar-refractivity contribution in [1.29, 1.82) is 0 Å². The molecule has 3 aliphatic rings. The summed E-state index contributed by atoms with van der Waals surface area (Å²) in [5.74, 6) is 0.862. The van der Waals surface area contributed by atoms with E-state index in [0.29, 0.717) is 0 Å². The summed E-state index contributed by atoms with van der Waals surface area (Å²) in [5.41, 5.74) is 6.44. The maximum Gasteiger partial charge on any atom is 0.118 e. The Kier molecular flexibility index (Phi) is 4.76. The van der Waals surface area contributed by atoms with Crippen LogP contribution in [0.1, 0.15) is 34.5 Å². The van der Waals surface area contributed by atoms with Crippen molar-refractivity contribution in [2.45, 2.75) is 15.6 Å². The largest absolute Gasteiger partial charge is 0.497 e. The molecule has 0 aromatic heterocycles. The minimum Gasteiger partial charge on any atom is -0.497 e. The molecule has 1 aliphatic carbocycles. The molecule has 0 saturated carbocycles. The van der Waals surface area contributed by atoms with Crippen LogP contribution in [0.3, 0.4) is 0 Å². The summed E-state index contributed by atoms with van der Waals surface area (Å²) in [6, 6.07) is 27.7. The molecule has 4 heteroatoms. The van der Waals surface area contributed by atoms with Gasteiger partial charge in [0.25, 0.3) is 0 Å². The van der Waals surface area contributed by atoms with Crippen molar-refractivity contribution in [3.05, 3.63) is 105 Å². The highest BCUT2D eigenvalue weighted by atomic mass is 127. The summed E-state index contributed by atoms with van der Waals surface area (Å²) in [5, 5.41) is 0. The highest BCUT2D eigenvalue weighted by Gasteiger charge is 2.55. The van der Waals surface area contributed by atoms with Crippen molar-refractivity contribution in [3.8, 4) is 5.75 Å². The Morgan fingerprint density at radius 2 is 1.57 bits per heavy atom. The Bertz CT molecular complexity index is 1060. The van der Waals surface area contributed by atoms with Gasteiger partial charge in [0.15, 0.2) is 0 Å². The molecule has 2 bridgehead atoms. The van der Waals surface area contributed by atoms with Gasteiger partial charge in [0, 0.05) is 3.58 Å². The van der Waals surface area contributed by atoms with Gasteiger partial charge in [-0.3, -0.25) is 0 Å². The number of alkyl halides is 1. The van der Waals surface area contributed by atoms with Crippen molar-refractivity contribution in [1.82, 2.24) is 0 Å². The first kappa shape index (κ1) is 18.6. The van der Waals surface area contributed by atoms with E-state index in [9.17, 15) is 0 Å². The molecule has 3 aromatic rings. The zero-order valence-electron chi connectivity index (χ0n) is 15.2. The van der Waals surface area contributed by atoms with E-state index in [4.69, 9.17) is 9.47 Å². The van der Waals surface area contributed by atoms with Crippen molar-refractivity contribution in [2.24, 2.45) is 0 Å². The van der Waals surface area contributed by atoms with Crippen molar-refractivity contribution >= 4 is 50.8 Å². The fourth-order valence-corrected chi connectivity index (χ4v) is 7.64. The molecule has 3 unspecified atom stereocenters. The van der Waals surface area contributed by atoms with E-state index >= 15 is 0 Å². The summed E-state index contributed by atoms with van der Waals surface area (Å²) < 4.78 is 13.1. The molecule has 2 nitrogen and oxygen atoms in total. The molecule has 0 spiro atoms. The lowest BCUT2D eigenvalue weighted by Gasteiger charge is -2.51. The van der Waals surface area contributed by atoms with Crippen molar-refractivity contribution in [2.75, 3.05) is 7.11 Å². The van der Waals surface area contributed by atoms with Crippen LogP contribution in [0.25, 0.3) is 5.57 Å². The van der Waals surface area contributed by atoms with Gasteiger partial charge in [-0.1, -0.05) is 89.3 Å². The van der Waals surface area contributed by atoms with E-state index in [0.717, 1.165) is 5.75 Å². The van der Waals surface area contributed by atoms with Crippen LogP contribution in [-0.2, 0) is 8.16 Å². The maximum atomic E-state index is 6.72. The molecular weight excluding hydrogens is 574 g/mol. The number of ether oxygens (including phenoxy) is 2. The van der Waals surface area contributed by atoms with Crippen LogP contribution in [0.5, 0.6) is 5.75 Å². The third kappa shape index (κ3) is 2.68. The molecule has 6 rings (SSSR count). The van der Waals surface area contributed by atoms with Gasteiger partial charge in [-0.2, -0.15) is 0 Å². The minimum absolute atomic E-state index is 0.0317. The molecule has 28 heavy (non-hydrogen) atoms. The predicted molar refractivity (Wildman–Crippen MR) is 129 cm³/mol. The van der Waals surface area contributed by atoms with E-state index in [-0.39, 0.29) is 15.6 Å². The summed E-state index contributed by atoms with van der Waals surface area (Å²) >= 11 is 5.12. The molecule has 0 saturated heterocycles. The molecule has 0 radical (unpaired) electrons. The number of fused-ring (bicyclic) bond motifs is 1. The van der Waals surface area contributed by atoms with Gasteiger partial charge in [-0.05, 0) is 62.6 Å². The molecule has 3 atom stereocenters. The first-order valence-electron chi connectivity index (χ1n) is 9.18. The SMILES string of the molecule is COc1ccc(C2OC3C(I)=C(c4ccccc4)C2(I)c2ccccc23)cc1. The number of hydrogen-bond acceptors (Lipinski definition) is 2. The zero-order chi connectivity index (χ0) is 19.3. The number of rotatable bonds is 3. The third-order valence-corrected chi connectivity index (χ3v) is 8.37. The van der Waals surface area contributed by atoms with Gasteiger partial charge in [0.2, 0.25) is 0 Å². The Morgan fingerprint density at radius 1 is 0.893 bits per heavy atom. The van der Waals surface area contributed by atoms with Gasteiger partial charge < -0.3 is 9.47 Å². The standard InChI is InChI=1S/C24H18I2O2/c1-27-17-13-11-16(12-14-17)23-24(26)19-10-6-5-9-18(19)22(28-23)21(25)20(24)15-7-3-2-4-8-15/h2-14,22-23H,1H3. The molecule has 2 aliphatic heterocycles. The maximum absolute atomic E-state index is 6.72. The van der Waals surface area contributed by atoms with Crippen molar-refractivity contribution in [3.63, 3.8) is 0 Å². The van der Waals surface area contributed by atoms with Crippen LogP contribution in [0.2, 0.25) is 0 Å². The molecule has 2 heterocycles. The van der Waals surface area contributed by atoms with E-state index in [1.807, 2.05) is 12.1 Å². The molecule has 0 N–H and O–H groups in total. The monoisotopic (exact) mass is 592 g/mol. The third-order valence-electron chi connectivity index (χ3n) is 5.58. The van der Waals surface area contributed by atoms with E-state index in [1.54, 1.807) is 7.11 Å². The second-order valence-electron chi connectivity index (χ2n) is 7.06. The quantitative estimate of drug-likeness (QED) is 0.241. The second-order valence-corrected chi connectivity index (χ2v) is 9.92. The van der Waals surface area contributed by atoms with Gasteiger partial charge in [-0.25, -0.2) is 0 Å². The van der Waals surface area contributed by atoms with Crippen LogP contribution in [0.15, 0.2) is 82.4 Å². The fraction of sp³-hybridized carbons (Fsp3) is 0.167. The zero-order valence-corrected chi connectivity index (χ0v) is 19.5. The number of benzene rings is 3. The summed E-state index contributed by atoms with van der Waals surface area (Å²) in [4.78, 5) is 0. The fourth-order valence-electron chi connectivity index (χ4n) is 4.31. The van der Waals surface area contributed by atoms with Crippen molar-refractivity contribution < 1.29 is 9.47 Å². The Labute approximate surface area is 192 Å². The normalized spacial score (nSPS) is 25.5. The lowest BCUT2D eigenvalue weighted by atomic mass is 9.71. The number of hydrogen-bond donors (Lipinski definition) is 0. The van der Waals surface area contributed by atoms with E-state index < -0.39 is 0 Å². The molecule has 3 aromatic carbocycles. The second kappa shape index (κ2) is 7.15. The van der Waals surface area contributed by atoms with E-state index in [2.05, 4.69) is 112 Å². The highest BCUT2D eigenvalue weighted by Crippen LogP contribution is 2.67. The van der Waals surface area contributed by atoms with Crippen LogP contribution in [0.4, 0.5) is 0 Å². The van der Waals surface area contributed by atoms with Gasteiger partial charge >= 0.3 is 0 Å². The first-order chi connectivity index (χ1) is 13.6. The summed E-state index contributed by atoms with van der Waals surface area (Å²) in [6.07, 6.45) is -0.0941. The van der Waals surface area contributed by atoms with Gasteiger partial charge in [-0.15, -0.1) is 0 Å². The van der Waals surface area contributed by atoms with Crippen LogP contribution >= 0.6 is 45.2 Å². The molecule has 140 valence electrons. The molecule has 0 fully saturated rings. The predicted octanol–water partition coefficient (Wildman–Crippen LogP) is 7.00. The average Bonchev–Trinajstić information content (AvgIpc) is 2.75. The Balaban J connectivity index is 1.75. The molecule has 0 amide bonds. The van der Waals surface area contributed by atoms with Crippen LogP contribution in [0, 0.1) is 0 Å². The minimum atomic E-state index is -0.296. The van der Waals surface area contributed by atoms with Gasteiger partial charge in [0.05, 0.1) is 7.11 Å². The average molecular weight is 592 g/mol.